The molecule has 9 heteroatoms. The largest absolute Gasteiger partial charge is 0.493 e. The molecule has 0 aliphatic heterocycles. The molecular weight excluding hydrogens is 404 g/mol. The Kier molecular flexibility index (Phi) is 6.99. The van der Waals surface area contributed by atoms with Gasteiger partial charge in [-0.15, -0.1) is 17.5 Å². The Morgan fingerprint density at radius 2 is 1.80 bits per heavy atom. The zero-order chi connectivity index (χ0) is 20.4. The van der Waals surface area contributed by atoms with E-state index >= 15 is 0 Å². The number of methoxy groups -OCH3 is 2. The van der Waals surface area contributed by atoms with E-state index in [2.05, 4.69) is 5.10 Å². The van der Waals surface area contributed by atoms with Gasteiger partial charge >= 0.3 is 0 Å². The quantitative estimate of drug-likeness (QED) is 0.643. The van der Waals surface area contributed by atoms with Gasteiger partial charge in [0.1, 0.15) is 5.82 Å². The maximum absolute atomic E-state index is 6.11. The SMILES string of the molecule is COc1ccc(Cc2nc(C3CCC(N)CC3)n(-c3ccnn3C)n2)cc1OC.Cl. The highest BCUT2D eigenvalue weighted by molar-refractivity contribution is 5.85. The lowest BCUT2D eigenvalue weighted by Gasteiger charge is -2.25. The van der Waals surface area contributed by atoms with Crippen LogP contribution in [0.5, 0.6) is 11.5 Å². The van der Waals surface area contributed by atoms with Gasteiger partial charge in [0.2, 0.25) is 0 Å². The van der Waals surface area contributed by atoms with Gasteiger partial charge in [-0.05, 0) is 43.4 Å². The van der Waals surface area contributed by atoms with E-state index in [0.29, 0.717) is 29.9 Å². The highest BCUT2D eigenvalue weighted by atomic mass is 35.5. The average molecular weight is 433 g/mol. The van der Waals surface area contributed by atoms with Crippen molar-refractivity contribution in [3.63, 3.8) is 0 Å². The van der Waals surface area contributed by atoms with Gasteiger partial charge in [-0.3, -0.25) is 4.68 Å². The fourth-order valence-corrected chi connectivity index (χ4v) is 4.00. The molecule has 1 aromatic carbocycles. The number of benzene rings is 1. The monoisotopic (exact) mass is 432 g/mol. The van der Waals surface area contributed by atoms with Gasteiger partial charge in [-0.2, -0.15) is 9.78 Å². The van der Waals surface area contributed by atoms with E-state index in [4.69, 9.17) is 25.3 Å². The Balaban J connectivity index is 0.00000256. The number of aryl methyl sites for hydroxylation is 1. The minimum atomic E-state index is 0. The van der Waals surface area contributed by atoms with Crippen LogP contribution in [0, 0.1) is 0 Å². The Morgan fingerprint density at radius 1 is 1.07 bits per heavy atom. The van der Waals surface area contributed by atoms with Gasteiger partial charge in [0.25, 0.3) is 0 Å². The first-order valence-electron chi connectivity index (χ1n) is 9.99. The first-order chi connectivity index (χ1) is 14.1. The Bertz CT molecular complexity index is 978. The van der Waals surface area contributed by atoms with Gasteiger partial charge < -0.3 is 15.2 Å². The van der Waals surface area contributed by atoms with Crippen LogP contribution in [0.15, 0.2) is 30.5 Å². The highest BCUT2D eigenvalue weighted by Gasteiger charge is 2.26. The smallest absolute Gasteiger partial charge is 0.161 e. The third-order valence-corrected chi connectivity index (χ3v) is 5.64. The molecule has 1 aliphatic rings. The second-order valence-electron chi connectivity index (χ2n) is 7.59. The van der Waals surface area contributed by atoms with Gasteiger partial charge in [0, 0.05) is 31.5 Å². The number of halogens is 1. The number of aromatic nitrogens is 5. The van der Waals surface area contributed by atoms with Crippen molar-refractivity contribution in [3.8, 4) is 17.3 Å². The lowest BCUT2D eigenvalue weighted by Crippen LogP contribution is -2.27. The minimum absolute atomic E-state index is 0. The topological polar surface area (TPSA) is 93.0 Å². The summed E-state index contributed by atoms with van der Waals surface area (Å²) in [6, 6.07) is 8.17. The molecule has 0 radical (unpaired) electrons. The molecule has 0 saturated heterocycles. The third kappa shape index (κ3) is 4.44. The standard InChI is InChI=1S/C21H28N6O2.ClH/c1-26-20(10-11-23-26)27-21(15-5-7-16(22)8-6-15)24-19(25-27)13-14-4-9-17(28-2)18(12-14)29-3;/h4,9-12,15-16H,5-8,13,22H2,1-3H3;1H. The summed E-state index contributed by atoms with van der Waals surface area (Å²) in [6.07, 6.45) is 6.51. The maximum atomic E-state index is 6.11. The molecule has 8 nitrogen and oxygen atoms in total. The van der Waals surface area contributed by atoms with Gasteiger partial charge in [0.15, 0.2) is 23.1 Å². The number of nitrogens with two attached hydrogens (primary N) is 1. The predicted molar refractivity (Wildman–Crippen MR) is 117 cm³/mol. The molecule has 0 bridgehead atoms. The molecule has 30 heavy (non-hydrogen) atoms. The van der Waals surface area contributed by atoms with Crippen LogP contribution in [0.3, 0.4) is 0 Å². The number of hydrogen-bond donors (Lipinski definition) is 1. The summed E-state index contributed by atoms with van der Waals surface area (Å²) in [5.41, 5.74) is 7.18. The zero-order valence-electron chi connectivity index (χ0n) is 17.6. The molecule has 2 N–H and O–H groups in total. The molecule has 3 aromatic rings. The van der Waals surface area contributed by atoms with Crippen molar-refractivity contribution >= 4 is 12.4 Å². The van der Waals surface area contributed by atoms with Crippen molar-refractivity contribution in [2.45, 2.75) is 44.1 Å². The molecule has 0 spiro atoms. The molecule has 2 aromatic heterocycles. The lowest BCUT2D eigenvalue weighted by atomic mass is 9.86. The molecule has 1 saturated carbocycles. The number of nitrogens with zero attached hydrogens (tertiary/aromatic N) is 5. The fourth-order valence-electron chi connectivity index (χ4n) is 4.00. The minimum Gasteiger partial charge on any atom is -0.493 e. The molecule has 162 valence electrons. The molecule has 0 unspecified atom stereocenters. The average Bonchev–Trinajstić information content (AvgIpc) is 3.34. The first-order valence-corrected chi connectivity index (χ1v) is 9.99. The second-order valence-corrected chi connectivity index (χ2v) is 7.59. The molecule has 0 atom stereocenters. The molecular formula is C21H29ClN6O2. The van der Waals surface area contributed by atoms with Crippen molar-refractivity contribution in [2.24, 2.45) is 12.8 Å². The zero-order valence-corrected chi connectivity index (χ0v) is 18.4. The van der Waals surface area contributed by atoms with Crippen LogP contribution in [0.25, 0.3) is 5.82 Å². The van der Waals surface area contributed by atoms with Gasteiger partial charge in [0.05, 0.1) is 20.4 Å². The van der Waals surface area contributed by atoms with Crippen LogP contribution >= 0.6 is 12.4 Å². The van der Waals surface area contributed by atoms with Crippen LogP contribution in [-0.4, -0.2) is 44.8 Å². The molecule has 1 fully saturated rings. The molecule has 0 amide bonds. The summed E-state index contributed by atoms with van der Waals surface area (Å²) in [5.74, 6) is 4.47. The highest BCUT2D eigenvalue weighted by Crippen LogP contribution is 2.33. The number of ether oxygens (including phenoxy) is 2. The van der Waals surface area contributed by atoms with Crippen LogP contribution in [0.4, 0.5) is 0 Å². The van der Waals surface area contributed by atoms with Crippen molar-refractivity contribution in [3.05, 3.63) is 47.7 Å². The Morgan fingerprint density at radius 3 is 2.43 bits per heavy atom. The van der Waals surface area contributed by atoms with E-state index in [-0.39, 0.29) is 12.4 Å². The summed E-state index contributed by atoms with van der Waals surface area (Å²) < 4.78 is 14.5. The van der Waals surface area contributed by atoms with E-state index < -0.39 is 0 Å². The van der Waals surface area contributed by atoms with E-state index in [1.165, 1.54) is 0 Å². The summed E-state index contributed by atoms with van der Waals surface area (Å²) in [5, 5.41) is 9.15. The molecule has 2 heterocycles. The van der Waals surface area contributed by atoms with Crippen molar-refractivity contribution in [1.82, 2.24) is 24.5 Å². The maximum Gasteiger partial charge on any atom is 0.161 e. The number of hydrogen-bond acceptors (Lipinski definition) is 6. The lowest BCUT2D eigenvalue weighted by molar-refractivity contribution is 0.354. The normalized spacial score (nSPS) is 18.7. The predicted octanol–water partition coefficient (Wildman–Crippen LogP) is 3.02. The van der Waals surface area contributed by atoms with Crippen molar-refractivity contribution < 1.29 is 9.47 Å². The Hall–Kier alpha value is -2.58. The van der Waals surface area contributed by atoms with E-state index in [0.717, 1.165) is 48.7 Å². The van der Waals surface area contributed by atoms with Crippen LogP contribution < -0.4 is 15.2 Å². The fraction of sp³-hybridized carbons (Fsp3) is 0.476. The summed E-state index contributed by atoms with van der Waals surface area (Å²) in [4.78, 5) is 4.95. The van der Waals surface area contributed by atoms with E-state index in [1.807, 2.05) is 40.7 Å². The third-order valence-electron chi connectivity index (χ3n) is 5.64. The van der Waals surface area contributed by atoms with Crippen LogP contribution in [0.2, 0.25) is 0 Å². The number of rotatable bonds is 6. The van der Waals surface area contributed by atoms with Crippen LogP contribution in [-0.2, 0) is 13.5 Å². The second kappa shape index (κ2) is 9.49. The summed E-state index contributed by atoms with van der Waals surface area (Å²) in [6.45, 7) is 0. The molecule has 1 aliphatic carbocycles. The molecule has 4 rings (SSSR count). The van der Waals surface area contributed by atoms with Gasteiger partial charge in [-0.25, -0.2) is 4.98 Å². The summed E-state index contributed by atoms with van der Waals surface area (Å²) in [7, 11) is 5.20. The first kappa shape index (κ1) is 22.1. The van der Waals surface area contributed by atoms with Crippen LogP contribution in [0.1, 0.15) is 48.8 Å². The van der Waals surface area contributed by atoms with Crippen molar-refractivity contribution in [1.29, 1.82) is 0 Å². The van der Waals surface area contributed by atoms with Crippen molar-refractivity contribution in [2.75, 3.05) is 14.2 Å². The van der Waals surface area contributed by atoms with E-state index in [9.17, 15) is 0 Å². The van der Waals surface area contributed by atoms with Gasteiger partial charge in [-0.1, -0.05) is 6.07 Å². The van der Waals surface area contributed by atoms with E-state index in [1.54, 1.807) is 20.4 Å². The Labute approximate surface area is 182 Å². The summed E-state index contributed by atoms with van der Waals surface area (Å²) >= 11 is 0.